The molecule has 0 atom stereocenters. The molecule has 0 aromatic heterocycles. The van der Waals surface area contributed by atoms with Crippen LogP contribution in [0.25, 0.3) is 0 Å². The van der Waals surface area contributed by atoms with Crippen molar-refractivity contribution in [3.05, 3.63) is 35.4 Å². The normalized spacial score (nSPS) is 10.6. The van der Waals surface area contributed by atoms with Crippen LogP contribution in [0.2, 0.25) is 0 Å². The second-order valence-corrected chi connectivity index (χ2v) is 2.38. The Balaban J connectivity index is 0.00000121. The molecule has 4 heteroatoms. The summed E-state index contributed by atoms with van der Waals surface area (Å²) in [5.41, 5.74) is 7.52. The van der Waals surface area contributed by atoms with Crippen molar-refractivity contribution in [2.75, 3.05) is 0 Å². The van der Waals surface area contributed by atoms with E-state index in [9.17, 15) is 0 Å². The lowest BCUT2D eigenvalue weighted by Gasteiger charge is -1.98. The van der Waals surface area contributed by atoms with Gasteiger partial charge < -0.3 is 11.6 Å². The zero-order valence-electron chi connectivity index (χ0n) is 6.82. The highest BCUT2D eigenvalue weighted by Crippen LogP contribution is 2.01. The molecule has 0 saturated heterocycles. The van der Waals surface area contributed by atoms with Gasteiger partial charge >= 0.3 is 0 Å². The van der Waals surface area contributed by atoms with E-state index in [1.165, 1.54) is 5.56 Å². The number of aryl methyl sites for hydroxylation is 1. The van der Waals surface area contributed by atoms with Gasteiger partial charge in [-0.3, -0.25) is 0 Å². The molecule has 0 amide bonds. The number of halogens is 1. The third-order valence-corrected chi connectivity index (χ3v) is 1.49. The highest BCUT2D eigenvalue weighted by Gasteiger charge is 1.94. The van der Waals surface area contributed by atoms with Crippen molar-refractivity contribution in [2.24, 2.45) is 16.7 Å². The number of benzene rings is 1. The van der Waals surface area contributed by atoms with Gasteiger partial charge in [-0.1, -0.05) is 29.8 Å². The molecule has 0 fully saturated rings. The van der Waals surface area contributed by atoms with E-state index >= 15 is 0 Å². The molecule has 0 aliphatic rings. The van der Waals surface area contributed by atoms with Crippen LogP contribution in [-0.2, 0) is 0 Å². The fourth-order valence-electron chi connectivity index (χ4n) is 0.799. The van der Waals surface area contributed by atoms with Gasteiger partial charge in [-0.05, 0) is 6.92 Å². The average molecular weight is 186 g/mol. The van der Waals surface area contributed by atoms with Crippen molar-refractivity contribution in [3.63, 3.8) is 0 Å². The maximum Gasteiger partial charge on any atom is 0.150 e. The largest absolute Gasteiger partial charge is 0.382 e. The smallest absolute Gasteiger partial charge is 0.150 e. The highest BCUT2D eigenvalue weighted by atomic mass is 35.5. The Kier molecular flexibility index (Phi) is 4.15. The molecule has 66 valence electrons. The summed E-state index contributed by atoms with van der Waals surface area (Å²) in [6.07, 6.45) is 0. The number of nitrogens with zero attached hydrogens (tertiary/aromatic N) is 1. The Morgan fingerprint density at radius 3 is 2.17 bits per heavy atom. The minimum atomic E-state index is 0. The summed E-state index contributed by atoms with van der Waals surface area (Å²) < 4.78 is 0. The van der Waals surface area contributed by atoms with Gasteiger partial charge in [0.2, 0.25) is 0 Å². The van der Waals surface area contributed by atoms with Gasteiger partial charge in [0.25, 0.3) is 0 Å². The van der Waals surface area contributed by atoms with Crippen LogP contribution < -0.4 is 11.6 Å². The number of nitrogens with two attached hydrogens (primary N) is 2. The van der Waals surface area contributed by atoms with E-state index in [1.807, 2.05) is 31.2 Å². The van der Waals surface area contributed by atoms with E-state index < -0.39 is 0 Å². The number of hydrazone groups is 1. The molecule has 0 bridgehead atoms. The summed E-state index contributed by atoms with van der Waals surface area (Å²) in [7, 11) is 0. The summed E-state index contributed by atoms with van der Waals surface area (Å²) >= 11 is 0. The zero-order chi connectivity index (χ0) is 8.27. The first-order valence-electron chi connectivity index (χ1n) is 3.34. The Bertz CT molecular complexity index is 266. The molecule has 0 spiro atoms. The number of amidine groups is 1. The SMILES string of the molecule is Cc1ccc(/C(N)=N/N)cc1.Cl. The number of hydrogen-bond acceptors (Lipinski definition) is 2. The third-order valence-electron chi connectivity index (χ3n) is 1.49. The minimum absolute atomic E-state index is 0. The van der Waals surface area contributed by atoms with E-state index in [-0.39, 0.29) is 12.4 Å². The van der Waals surface area contributed by atoms with Gasteiger partial charge in [0.1, 0.15) is 5.84 Å². The number of rotatable bonds is 1. The number of hydrogen-bond donors (Lipinski definition) is 2. The van der Waals surface area contributed by atoms with Crippen molar-refractivity contribution in [3.8, 4) is 0 Å². The first-order chi connectivity index (χ1) is 5.24. The van der Waals surface area contributed by atoms with Gasteiger partial charge in [0, 0.05) is 5.56 Å². The highest BCUT2D eigenvalue weighted by molar-refractivity contribution is 5.97. The van der Waals surface area contributed by atoms with Crippen LogP contribution >= 0.6 is 12.4 Å². The maximum atomic E-state index is 5.47. The molecule has 4 N–H and O–H groups in total. The molecule has 1 rings (SSSR count). The molecule has 0 radical (unpaired) electrons. The summed E-state index contributed by atoms with van der Waals surface area (Å²) in [6.45, 7) is 2.01. The molecule has 0 unspecified atom stereocenters. The van der Waals surface area contributed by atoms with Crippen LogP contribution in [0.3, 0.4) is 0 Å². The molecule has 0 aliphatic heterocycles. The van der Waals surface area contributed by atoms with E-state index in [4.69, 9.17) is 11.6 Å². The Hall–Kier alpha value is -1.22. The molecular formula is C8H12ClN3. The van der Waals surface area contributed by atoms with E-state index in [1.54, 1.807) is 0 Å². The zero-order valence-corrected chi connectivity index (χ0v) is 7.64. The third kappa shape index (κ3) is 2.43. The predicted molar refractivity (Wildman–Crippen MR) is 53.3 cm³/mol. The fourth-order valence-corrected chi connectivity index (χ4v) is 0.799. The predicted octanol–water partition coefficient (Wildman–Crippen LogP) is 0.996. The fraction of sp³-hybridized carbons (Fsp3) is 0.125. The molecule has 3 nitrogen and oxygen atoms in total. The van der Waals surface area contributed by atoms with Gasteiger partial charge in [-0.15, -0.1) is 12.4 Å². The molecule has 12 heavy (non-hydrogen) atoms. The lowest BCUT2D eigenvalue weighted by atomic mass is 10.1. The lowest BCUT2D eigenvalue weighted by molar-refractivity contribution is 1.23. The maximum absolute atomic E-state index is 5.47. The van der Waals surface area contributed by atoms with Crippen LogP contribution in [0.4, 0.5) is 0 Å². The molecular weight excluding hydrogens is 174 g/mol. The van der Waals surface area contributed by atoms with E-state index in [0.29, 0.717) is 5.84 Å². The van der Waals surface area contributed by atoms with E-state index in [0.717, 1.165) is 5.56 Å². The Morgan fingerprint density at radius 2 is 1.75 bits per heavy atom. The summed E-state index contributed by atoms with van der Waals surface area (Å²) in [5, 5.41) is 3.38. The molecule has 1 aromatic rings. The quantitative estimate of drug-likeness (QED) is 0.297. The van der Waals surface area contributed by atoms with Crippen molar-refractivity contribution in [1.82, 2.24) is 0 Å². The van der Waals surface area contributed by atoms with Crippen molar-refractivity contribution < 1.29 is 0 Å². The Labute approximate surface area is 77.9 Å². The summed E-state index contributed by atoms with van der Waals surface area (Å²) in [4.78, 5) is 0. The van der Waals surface area contributed by atoms with Crippen LogP contribution in [0, 0.1) is 6.92 Å². The van der Waals surface area contributed by atoms with Gasteiger partial charge in [0.05, 0.1) is 0 Å². The van der Waals surface area contributed by atoms with Gasteiger partial charge in [-0.25, -0.2) is 0 Å². The monoisotopic (exact) mass is 185 g/mol. The first kappa shape index (κ1) is 10.8. The van der Waals surface area contributed by atoms with Crippen molar-refractivity contribution >= 4 is 18.2 Å². The minimum Gasteiger partial charge on any atom is -0.382 e. The topological polar surface area (TPSA) is 64.4 Å². The average Bonchev–Trinajstić information content (AvgIpc) is 2.05. The van der Waals surface area contributed by atoms with Crippen LogP contribution in [0.15, 0.2) is 29.4 Å². The Morgan fingerprint density at radius 1 is 1.25 bits per heavy atom. The first-order valence-corrected chi connectivity index (χ1v) is 3.34. The van der Waals surface area contributed by atoms with Gasteiger partial charge in [0.15, 0.2) is 0 Å². The molecule has 0 saturated carbocycles. The van der Waals surface area contributed by atoms with E-state index in [2.05, 4.69) is 5.10 Å². The second kappa shape index (κ2) is 4.62. The van der Waals surface area contributed by atoms with Crippen LogP contribution in [0.5, 0.6) is 0 Å². The molecule has 0 heterocycles. The second-order valence-electron chi connectivity index (χ2n) is 2.38. The summed E-state index contributed by atoms with van der Waals surface area (Å²) in [5.74, 6) is 5.37. The van der Waals surface area contributed by atoms with Gasteiger partial charge in [-0.2, -0.15) is 5.10 Å². The van der Waals surface area contributed by atoms with Crippen molar-refractivity contribution in [2.45, 2.75) is 6.92 Å². The molecule has 0 aliphatic carbocycles. The van der Waals surface area contributed by atoms with Crippen molar-refractivity contribution in [1.29, 1.82) is 0 Å². The standard InChI is InChI=1S/C8H11N3.ClH/c1-6-2-4-7(5-3-6)8(9)11-10;/h2-5H,10H2,1H3,(H2,9,11);1H. The lowest BCUT2D eigenvalue weighted by Crippen LogP contribution is -2.15. The molecule has 1 aromatic carbocycles. The van der Waals surface area contributed by atoms with Crippen LogP contribution in [0.1, 0.15) is 11.1 Å². The van der Waals surface area contributed by atoms with Crippen LogP contribution in [-0.4, -0.2) is 5.84 Å². The summed E-state index contributed by atoms with van der Waals surface area (Å²) in [6, 6.07) is 7.71.